The van der Waals surface area contributed by atoms with Gasteiger partial charge in [-0.3, -0.25) is 4.79 Å². The summed E-state index contributed by atoms with van der Waals surface area (Å²) in [5, 5.41) is 0. The molecule has 0 N–H and O–H groups in total. The number of anilines is 1. The zero-order chi connectivity index (χ0) is 17.2. The second kappa shape index (κ2) is 6.36. The smallest absolute Gasteiger partial charge is 0.224 e. The minimum atomic E-state index is 0.0286. The molecule has 1 aliphatic rings. The van der Waals surface area contributed by atoms with E-state index in [1.807, 2.05) is 65.6 Å². The van der Waals surface area contributed by atoms with E-state index in [9.17, 15) is 4.79 Å². The minimum Gasteiger partial charge on any atom is -0.308 e. The summed E-state index contributed by atoms with van der Waals surface area (Å²) >= 11 is 0. The van der Waals surface area contributed by atoms with Crippen LogP contribution in [0.5, 0.6) is 0 Å². The molecule has 0 unspecified atom stereocenters. The van der Waals surface area contributed by atoms with Crippen molar-refractivity contribution in [3.63, 3.8) is 0 Å². The van der Waals surface area contributed by atoms with E-state index >= 15 is 0 Å². The third-order valence-corrected chi connectivity index (χ3v) is 4.44. The van der Waals surface area contributed by atoms with Crippen LogP contribution in [0.25, 0.3) is 23.4 Å². The molecule has 0 radical (unpaired) electrons. The van der Waals surface area contributed by atoms with Crippen LogP contribution in [0, 0.1) is 0 Å². The van der Waals surface area contributed by atoms with E-state index in [0.29, 0.717) is 6.54 Å². The van der Waals surface area contributed by atoms with Crippen LogP contribution in [-0.4, -0.2) is 10.9 Å². The average molecular weight is 326 g/mol. The number of hydrogen-bond donors (Lipinski definition) is 0. The summed E-state index contributed by atoms with van der Waals surface area (Å²) in [5.41, 5.74) is 5.93. The highest BCUT2D eigenvalue weighted by molar-refractivity contribution is 5.95. The molecule has 0 atom stereocenters. The van der Waals surface area contributed by atoms with E-state index in [0.717, 1.165) is 33.8 Å². The van der Waals surface area contributed by atoms with Gasteiger partial charge in [-0.15, -0.1) is 0 Å². The van der Waals surface area contributed by atoms with Gasteiger partial charge >= 0.3 is 0 Å². The molecule has 3 heteroatoms. The average Bonchev–Trinajstić information content (AvgIpc) is 2.64. The third-order valence-electron chi connectivity index (χ3n) is 4.44. The standard InChI is InChI=1S/C22H18N2O/c1-16(25)24-15-19-12-14-20(17-7-3-2-4-8-17)23-21(19)13-11-18-9-5-6-10-22(18)24/h2-14H,15H2,1H3/b13-11-. The maximum atomic E-state index is 12.2. The topological polar surface area (TPSA) is 33.2 Å². The first kappa shape index (κ1) is 15.3. The Balaban J connectivity index is 1.84. The Hall–Kier alpha value is -3.20. The molecule has 0 aliphatic carbocycles. The van der Waals surface area contributed by atoms with Gasteiger partial charge in [0, 0.05) is 12.5 Å². The number of nitrogens with zero attached hydrogens (tertiary/aromatic N) is 2. The number of carbonyl (C=O) groups excluding carboxylic acids is 1. The highest BCUT2D eigenvalue weighted by atomic mass is 16.2. The highest BCUT2D eigenvalue weighted by Gasteiger charge is 2.18. The predicted molar refractivity (Wildman–Crippen MR) is 102 cm³/mol. The quantitative estimate of drug-likeness (QED) is 0.644. The van der Waals surface area contributed by atoms with Crippen LogP contribution in [0.2, 0.25) is 0 Å². The Kier molecular flexibility index (Phi) is 3.90. The molecular weight excluding hydrogens is 308 g/mol. The molecule has 3 nitrogen and oxygen atoms in total. The van der Waals surface area contributed by atoms with Gasteiger partial charge in [-0.2, -0.15) is 0 Å². The van der Waals surface area contributed by atoms with Crippen molar-refractivity contribution in [3.8, 4) is 11.3 Å². The van der Waals surface area contributed by atoms with Crippen LogP contribution < -0.4 is 4.90 Å². The van der Waals surface area contributed by atoms with Crippen LogP contribution in [-0.2, 0) is 11.3 Å². The van der Waals surface area contributed by atoms with E-state index in [4.69, 9.17) is 4.98 Å². The van der Waals surface area contributed by atoms with E-state index in [2.05, 4.69) is 18.2 Å². The number of carbonyl (C=O) groups is 1. The molecule has 2 aromatic carbocycles. The maximum Gasteiger partial charge on any atom is 0.224 e. The van der Waals surface area contributed by atoms with Crippen LogP contribution >= 0.6 is 0 Å². The van der Waals surface area contributed by atoms with Crippen molar-refractivity contribution in [1.82, 2.24) is 4.98 Å². The molecule has 1 aromatic heterocycles. The van der Waals surface area contributed by atoms with Gasteiger partial charge in [0.15, 0.2) is 0 Å². The van der Waals surface area contributed by atoms with Gasteiger partial charge in [0.25, 0.3) is 0 Å². The van der Waals surface area contributed by atoms with Crippen molar-refractivity contribution in [2.75, 3.05) is 4.90 Å². The number of rotatable bonds is 1. The fourth-order valence-corrected chi connectivity index (χ4v) is 3.13. The number of fused-ring (bicyclic) bond motifs is 2. The molecule has 0 fully saturated rings. The summed E-state index contributed by atoms with van der Waals surface area (Å²) in [6, 6.07) is 22.2. The van der Waals surface area contributed by atoms with Gasteiger partial charge in [-0.05, 0) is 29.3 Å². The van der Waals surface area contributed by atoms with Crippen LogP contribution in [0.4, 0.5) is 5.69 Å². The fraction of sp³-hybridized carbons (Fsp3) is 0.0909. The normalized spacial score (nSPS) is 14.0. The largest absolute Gasteiger partial charge is 0.308 e. The molecule has 1 amide bonds. The molecule has 3 aromatic rings. The molecule has 0 spiro atoms. The number of benzene rings is 2. The zero-order valence-corrected chi connectivity index (χ0v) is 14.0. The Labute approximate surface area is 147 Å². The van der Waals surface area contributed by atoms with Crippen LogP contribution in [0.3, 0.4) is 0 Å². The van der Waals surface area contributed by atoms with Gasteiger partial charge in [-0.1, -0.05) is 60.7 Å². The number of hydrogen-bond acceptors (Lipinski definition) is 2. The van der Waals surface area contributed by atoms with Crippen molar-refractivity contribution < 1.29 is 4.79 Å². The fourth-order valence-electron chi connectivity index (χ4n) is 3.13. The number of pyridine rings is 1. The number of amides is 1. The lowest BCUT2D eigenvalue weighted by molar-refractivity contribution is -0.116. The monoisotopic (exact) mass is 326 g/mol. The summed E-state index contributed by atoms with van der Waals surface area (Å²) in [5.74, 6) is 0.0286. The lowest BCUT2D eigenvalue weighted by Crippen LogP contribution is -2.29. The number of para-hydroxylation sites is 1. The Bertz CT molecular complexity index is 961. The first-order valence-corrected chi connectivity index (χ1v) is 8.33. The van der Waals surface area contributed by atoms with E-state index in [1.165, 1.54) is 0 Å². The number of aromatic nitrogens is 1. The highest BCUT2D eigenvalue weighted by Crippen LogP contribution is 2.29. The second-order valence-corrected chi connectivity index (χ2v) is 6.10. The molecule has 0 bridgehead atoms. The van der Waals surface area contributed by atoms with Gasteiger partial charge in [0.2, 0.25) is 5.91 Å². The van der Waals surface area contributed by atoms with Gasteiger partial charge < -0.3 is 4.90 Å². The molecule has 122 valence electrons. The summed E-state index contributed by atoms with van der Waals surface area (Å²) in [4.78, 5) is 18.8. The van der Waals surface area contributed by atoms with Crippen molar-refractivity contribution in [2.45, 2.75) is 13.5 Å². The molecule has 0 saturated heterocycles. The van der Waals surface area contributed by atoms with Crippen molar-refractivity contribution in [1.29, 1.82) is 0 Å². The summed E-state index contributed by atoms with van der Waals surface area (Å²) < 4.78 is 0. The molecular formula is C22H18N2O. The van der Waals surface area contributed by atoms with E-state index < -0.39 is 0 Å². The van der Waals surface area contributed by atoms with Gasteiger partial charge in [0.05, 0.1) is 23.6 Å². The Morgan fingerprint density at radius 1 is 0.920 bits per heavy atom. The van der Waals surface area contributed by atoms with Gasteiger partial charge in [-0.25, -0.2) is 4.98 Å². The molecule has 2 heterocycles. The lowest BCUT2D eigenvalue weighted by atomic mass is 10.0. The molecule has 1 aliphatic heterocycles. The first-order valence-electron chi connectivity index (χ1n) is 8.33. The van der Waals surface area contributed by atoms with Crippen molar-refractivity contribution in [3.05, 3.63) is 83.6 Å². The van der Waals surface area contributed by atoms with E-state index in [1.54, 1.807) is 6.92 Å². The van der Waals surface area contributed by atoms with Crippen LogP contribution in [0.1, 0.15) is 23.7 Å². The molecule has 4 rings (SSSR count). The second-order valence-electron chi connectivity index (χ2n) is 6.10. The van der Waals surface area contributed by atoms with Gasteiger partial charge in [0.1, 0.15) is 0 Å². The minimum absolute atomic E-state index is 0.0286. The Morgan fingerprint density at radius 2 is 1.68 bits per heavy atom. The predicted octanol–water partition coefficient (Wildman–Crippen LogP) is 4.79. The third kappa shape index (κ3) is 2.96. The molecule has 25 heavy (non-hydrogen) atoms. The lowest BCUT2D eigenvalue weighted by Gasteiger charge is -2.25. The van der Waals surface area contributed by atoms with Crippen LogP contribution in [0.15, 0.2) is 66.7 Å². The first-order chi connectivity index (χ1) is 12.2. The van der Waals surface area contributed by atoms with E-state index in [-0.39, 0.29) is 5.91 Å². The Morgan fingerprint density at radius 3 is 2.48 bits per heavy atom. The summed E-state index contributed by atoms with van der Waals surface area (Å²) in [7, 11) is 0. The zero-order valence-electron chi connectivity index (χ0n) is 14.0. The maximum absolute atomic E-state index is 12.2. The summed E-state index contributed by atoms with van der Waals surface area (Å²) in [6.07, 6.45) is 4.07. The SMILES string of the molecule is CC(=O)N1Cc2ccc(-c3ccccc3)nc2/C=C\c2ccccc21. The van der Waals surface area contributed by atoms with Crippen molar-refractivity contribution in [2.24, 2.45) is 0 Å². The summed E-state index contributed by atoms with van der Waals surface area (Å²) in [6.45, 7) is 2.13. The van der Waals surface area contributed by atoms with Crippen molar-refractivity contribution >= 4 is 23.7 Å². The molecule has 0 saturated carbocycles.